The van der Waals surface area contributed by atoms with Gasteiger partial charge in [-0.25, -0.2) is 4.79 Å². The quantitative estimate of drug-likeness (QED) is 0.312. The molecule has 39 heavy (non-hydrogen) atoms. The van der Waals surface area contributed by atoms with Gasteiger partial charge in [0, 0.05) is 33.3 Å². The van der Waals surface area contributed by atoms with E-state index in [1.807, 2.05) is 24.3 Å². The first-order valence-corrected chi connectivity index (χ1v) is 13.7. The third-order valence-corrected chi connectivity index (χ3v) is 8.56. The average Bonchev–Trinajstić information content (AvgIpc) is 3.42. The van der Waals surface area contributed by atoms with Gasteiger partial charge in [-0.05, 0) is 64.8 Å². The standard InChI is InChI=1S/C32H35N3O4/c1-38-17-16-35-31(37)34(22-23-6-5-8-27(19-23)39-2)30(36)32(35)12-14-33(15-13-32)21-24-10-11-29-26(18-24)20-25-7-3-4-9-28(25)29/h3-11,18-19H,12-17,20-22H2,1-2H3. The Balaban J connectivity index is 1.16. The normalized spacial score (nSPS) is 18.1. The van der Waals surface area contributed by atoms with Crippen LogP contribution in [0, 0.1) is 0 Å². The van der Waals surface area contributed by atoms with Gasteiger partial charge in [0.25, 0.3) is 5.91 Å². The number of carbonyl (C=O) groups is 2. The van der Waals surface area contributed by atoms with E-state index >= 15 is 0 Å². The molecule has 3 aliphatic rings. The Morgan fingerprint density at radius 2 is 1.59 bits per heavy atom. The topological polar surface area (TPSA) is 62.3 Å². The summed E-state index contributed by atoms with van der Waals surface area (Å²) >= 11 is 0. The van der Waals surface area contributed by atoms with Crippen LogP contribution < -0.4 is 4.74 Å². The maximum atomic E-state index is 13.9. The van der Waals surface area contributed by atoms with Crippen LogP contribution in [-0.2, 0) is 29.0 Å². The molecule has 7 nitrogen and oxygen atoms in total. The van der Waals surface area contributed by atoms with E-state index in [0.29, 0.717) is 31.7 Å². The summed E-state index contributed by atoms with van der Waals surface area (Å²) in [6.07, 6.45) is 2.22. The van der Waals surface area contributed by atoms with Crippen molar-refractivity contribution in [2.24, 2.45) is 0 Å². The van der Waals surface area contributed by atoms with Crippen molar-refractivity contribution < 1.29 is 19.1 Å². The molecule has 3 amide bonds. The number of likely N-dealkylation sites (tertiary alicyclic amines) is 1. The highest BCUT2D eigenvalue weighted by atomic mass is 16.5. The number of fused-ring (bicyclic) bond motifs is 3. The number of hydrogen-bond acceptors (Lipinski definition) is 5. The molecule has 2 heterocycles. The Labute approximate surface area is 229 Å². The lowest BCUT2D eigenvalue weighted by Gasteiger charge is -2.42. The molecule has 6 rings (SSSR count). The monoisotopic (exact) mass is 525 g/mol. The van der Waals surface area contributed by atoms with Crippen molar-refractivity contribution in [2.45, 2.75) is 37.9 Å². The summed E-state index contributed by atoms with van der Waals surface area (Å²) in [5.74, 6) is 0.614. The predicted molar refractivity (Wildman–Crippen MR) is 149 cm³/mol. The van der Waals surface area contributed by atoms with Gasteiger partial charge in [-0.3, -0.25) is 14.6 Å². The molecule has 2 saturated heterocycles. The second kappa shape index (κ2) is 10.5. The minimum atomic E-state index is -0.815. The van der Waals surface area contributed by atoms with Gasteiger partial charge >= 0.3 is 6.03 Å². The highest BCUT2D eigenvalue weighted by molar-refractivity contribution is 6.07. The molecular weight excluding hydrogens is 490 g/mol. The summed E-state index contributed by atoms with van der Waals surface area (Å²) < 4.78 is 10.7. The number of ether oxygens (including phenoxy) is 2. The SMILES string of the molecule is COCCN1C(=O)N(Cc2cccc(OC)c2)C(=O)C12CCN(Cc1ccc3c(c1)Cc1ccccc1-3)CC2. The van der Waals surface area contributed by atoms with Gasteiger partial charge in [0.2, 0.25) is 0 Å². The fourth-order valence-electron chi connectivity index (χ4n) is 6.49. The van der Waals surface area contributed by atoms with E-state index in [4.69, 9.17) is 9.47 Å². The fraction of sp³-hybridized carbons (Fsp3) is 0.375. The number of benzene rings is 3. The Morgan fingerprint density at radius 1 is 0.821 bits per heavy atom. The van der Waals surface area contributed by atoms with Gasteiger partial charge in [0.05, 0.1) is 20.3 Å². The lowest BCUT2D eigenvalue weighted by molar-refractivity contribution is -0.136. The van der Waals surface area contributed by atoms with Crippen LogP contribution in [0.25, 0.3) is 11.1 Å². The molecule has 202 valence electrons. The number of piperidine rings is 1. The third-order valence-electron chi connectivity index (χ3n) is 8.56. The van der Waals surface area contributed by atoms with E-state index in [1.54, 1.807) is 19.1 Å². The molecule has 0 radical (unpaired) electrons. The van der Waals surface area contributed by atoms with E-state index < -0.39 is 5.54 Å². The highest BCUT2D eigenvalue weighted by Gasteiger charge is 2.57. The van der Waals surface area contributed by atoms with E-state index in [9.17, 15) is 9.59 Å². The summed E-state index contributed by atoms with van der Waals surface area (Å²) in [4.78, 5) is 33.0. The molecule has 2 aliphatic heterocycles. The average molecular weight is 526 g/mol. The maximum absolute atomic E-state index is 13.9. The molecule has 0 bridgehead atoms. The Kier molecular flexibility index (Phi) is 6.87. The number of imide groups is 1. The Morgan fingerprint density at radius 3 is 2.38 bits per heavy atom. The van der Waals surface area contributed by atoms with Crippen LogP contribution in [-0.4, -0.2) is 72.6 Å². The zero-order chi connectivity index (χ0) is 27.0. The van der Waals surface area contributed by atoms with E-state index in [1.165, 1.54) is 32.7 Å². The van der Waals surface area contributed by atoms with Gasteiger partial charge in [0.15, 0.2) is 0 Å². The van der Waals surface area contributed by atoms with Crippen molar-refractivity contribution in [3.8, 4) is 16.9 Å². The summed E-state index contributed by atoms with van der Waals surface area (Å²) in [5, 5.41) is 0. The largest absolute Gasteiger partial charge is 0.497 e. The van der Waals surface area contributed by atoms with E-state index in [2.05, 4.69) is 47.4 Å². The molecule has 7 heteroatoms. The fourth-order valence-corrected chi connectivity index (χ4v) is 6.49. The number of amides is 3. The van der Waals surface area contributed by atoms with Crippen LogP contribution >= 0.6 is 0 Å². The smallest absolute Gasteiger partial charge is 0.328 e. The van der Waals surface area contributed by atoms with Crippen LogP contribution in [0.5, 0.6) is 5.75 Å². The Bertz CT molecular complexity index is 1400. The van der Waals surface area contributed by atoms with E-state index in [0.717, 1.165) is 31.6 Å². The number of hydrogen-bond donors (Lipinski definition) is 0. The number of nitrogens with zero attached hydrogens (tertiary/aromatic N) is 3. The minimum absolute atomic E-state index is 0.0960. The first-order chi connectivity index (χ1) is 19.0. The molecule has 0 atom stereocenters. The van der Waals surface area contributed by atoms with Crippen molar-refractivity contribution >= 4 is 11.9 Å². The first kappa shape index (κ1) is 25.6. The summed E-state index contributed by atoms with van der Waals surface area (Å²) in [6.45, 7) is 3.39. The predicted octanol–water partition coefficient (Wildman–Crippen LogP) is 4.71. The molecular formula is C32H35N3O4. The van der Waals surface area contributed by atoms with Crippen LogP contribution in [0.15, 0.2) is 66.7 Å². The molecule has 0 aromatic heterocycles. The number of methoxy groups -OCH3 is 2. The highest BCUT2D eigenvalue weighted by Crippen LogP contribution is 2.40. The first-order valence-electron chi connectivity index (χ1n) is 13.7. The van der Waals surface area contributed by atoms with Crippen molar-refractivity contribution in [1.29, 1.82) is 0 Å². The molecule has 2 fully saturated rings. The van der Waals surface area contributed by atoms with Gasteiger partial charge in [-0.15, -0.1) is 0 Å². The van der Waals surface area contributed by atoms with Gasteiger partial charge < -0.3 is 14.4 Å². The van der Waals surface area contributed by atoms with Gasteiger partial charge in [-0.2, -0.15) is 0 Å². The van der Waals surface area contributed by atoms with Crippen LogP contribution in [0.3, 0.4) is 0 Å². The van der Waals surface area contributed by atoms with Crippen molar-refractivity contribution in [2.75, 3.05) is 40.5 Å². The molecule has 3 aromatic carbocycles. The second-order valence-corrected chi connectivity index (χ2v) is 10.8. The van der Waals surface area contributed by atoms with E-state index in [-0.39, 0.29) is 18.5 Å². The lowest BCUT2D eigenvalue weighted by atomic mass is 9.85. The molecule has 3 aromatic rings. The van der Waals surface area contributed by atoms with Crippen LogP contribution in [0.4, 0.5) is 4.79 Å². The molecule has 0 saturated carbocycles. The Hall–Kier alpha value is -3.68. The molecule has 1 aliphatic carbocycles. The number of rotatable bonds is 8. The summed E-state index contributed by atoms with van der Waals surface area (Å²) in [5.41, 5.74) is 6.81. The van der Waals surface area contributed by atoms with Crippen molar-refractivity contribution in [3.05, 3.63) is 89.0 Å². The van der Waals surface area contributed by atoms with Crippen LogP contribution in [0.1, 0.15) is 35.1 Å². The number of urea groups is 1. The number of carbonyl (C=O) groups excluding carboxylic acids is 2. The summed E-state index contributed by atoms with van der Waals surface area (Å²) in [6, 6.07) is 22.8. The molecule has 1 spiro atoms. The maximum Gasteiger partial charge on any atom is 0.328 e. The summed E-state index contributed by atoms with van der Waals surface area (Å²) in [7, 11) is 3.24. The van der Waals surface area contributed by atoms with Crippen molar-refractivity contribution in [1.82, 2.24) is 14.7 Å². The van der Waals surface area contributed by atoms with Gasteiger partial charge in [0.1, 0.15) is 11.3 Å². The molecule has 0 unspecified atom stereocenters. The minimum Gasteiger partial charge on any atom is -0.497 e. The lowest BCUT2D eigenvalue weighted by Crippen LogP contribution is -2.57. The second-order valence-electron chi connectivity index (χ2n) is 10.8. The third kappa shape index (κ3) is 4.60. The van der Waals surface area contributed by atoms with Crippen molar-refractivity contribution in [3.63, 3.8) is 0 Å². The zero-order valence-corrected chi connectivity index (χ0v) is 22.7. The molecule has 0 N–H and O–H groups in total. The zero-order valence-electron chi connectivity index (χ0n) is 22.7. The van der Waals surface area contributed by atoms with Crippen LogP contribution in [0.2, 0.25) is 0 Å². The van der Waals surface area contributed by atoms with Gasteiger partial charge in [-0.1, -0.05) is 54.6 Å².